The lowest BCUT2D eigenvalue weighted by atomic mass is 9.91. The highest BCUT2D eigenvalue weighted by Crippen LogP contribution is 2.53. The molecule has 2 aliphatic rings. The summed E-state index contributed by atoms with van der Waals surface area (Å²) in [6.45, 7) is 2.21. The first-order chi connectivity index (χ1) is 12.6. The monoisotopic (exact) mass is 356 g/mol. The molecule has 0 bridgehead atoms. The molecule has 2 fully saturated rings. The lowest BCUT2D eigenvalue weighted by molar-refractivity contribution is -0.118. The Labute approximate surface area is 151 Å². The largest absolute Gasteiger partial charge is 0.350 e. The maximum Gasteiger partial charge on any atom is 0.279 e. The lowest BCUT2D eigenvalue weighted by Crippen LogP contribution is -2.23. The molecule has 4 rings (SSSR count). The second kappa shape index (κ2) is 6.78. The molecule has 1 N–H and O–H groups in total. The second-order valence-corrected chi connectivity index (χ2v) is 7.44. The number of hydrogen-bond donors (Lipinski definition) is 1. The van der Waals surface area contributed by atoms with Crippen molar-refractivity contribution in [2.45, 2.75) is 38.5 Å². The van der Waals surface area contributed by atoms with Gasteiger partial charge in [-0.05, 0) is 85.8 Å². The Bertz CT molecular complexity index is 877. The maximum absolute atomic E-state index is 14.3. The highest BCUT2D eigenvalue weighted by molar-refractivity contribution is 5.92. The number of nitrogens with zero attached hydrogens (tertiary/aromatic N) is 1. The van der Waals surface area contributed by atoms with E-state index in [1.807, 2.05) is 6.07 Å². The van der Waals surface area contributed by atoms with Crippen LogP contribution in [0.25, 0.3) is 10.9 Å². The zero-order chi connectivity index (χ0) is 18.3. The van der Waals surface area contributed by atoms with Crippen molar-refractivity contribution in [3.05, 3.63) is 53.2 Å². The van der Waals surface area contributed by atoms with E-state index in [-0.39, 0.29) is 5.82 Å². The van der Waals surface area contributed by atoms with Crippen LogP contribution in [-0.2, 0) is 4.79 Å². The van der Waals surface area contributed by atoms with E-state index < -0.39 is 11.7 Å². The number of likely N-dealkylation sites (N-methyl/N-ethyl adjacent to an activating group) is 1. The molecule has 1 aromatic heterocycles. The van der Waals surface area contributed by atoms with Crippen molar-refractivity contribution >= 4 is 16.8 Å². The Hall–Kier alpha value is -2.30. The van der Waals surface area contributed by atoms with Crippen LogP contribution in [0, 0.1) is 17.7 Å². The van der Waals surface area contributed by atoms with Crippen LogP contribution in [0.15, 0.2) is 41.9 Å². The number of amides is 1. The molecule has 1 aromatic carbocycles. The molecule has 0 radical (unpaired) electrons. The average molecular weight is 356 g/mol. The Morgan fingerprint density at radius 2 is 1.96 bits per heavy atom. The Balaban J connectivity index is 1.55. The zero-order valence-corrected chi connectivity index (χ0v) is 14.8. The van der Waals surface area contributed by atoms with E-state index in [9.17, 15) is 13.6 Å². The minimum absolute atomic E-state index is 0.251. The molecule has 26 heavy (non-hydrogen) atoms. The molecule has 2 saturated carbocycles. The van der Waals surface area contributed by atoms with Crippen molar-refractivity contribution in [1.82, 2.24) is 10.3 Å². The third-order valence-corrected chi connectivity index (χ3v) is 5.88. The van der Waals surface area contributed by atoms with Crippen LogP contribution in [0.5, 0.6) is 0 Å². The Morgan fingerprint density at radius 3 is 2.65 bits per heavy atom. The third-order valence-electron chi connectivity index (χ3n) is 5.88. The number of nitrogens with one attached hydrogen (secondary N) is 1. The van der Waals surface area contributed by atoms with Crippen LogP contribution in [-0.4, -0.2) is 17.4 Å². The predicted molar refractivity (Wildman–Crippen MR) is 96.7 cm³/mol. The topological polar surface area (TPSA) is 42.0 Å². The first kappa shape index (κ1) is 17.1. The molecule has 2 aliphatic carbocycles. The van der Waals surface area contributed by atoms with Gasteiger partial charge in [0.2, 0.25) is 0 Å². The fourth-order valence-electron chi connectivity index (χ4n) is 4.76. The van der Waals surface area contributed by atoms with Gasteiger partial charge in [0.1, 0.15) is 5.82 Å². The van der Waals surface area contributed by atoms with Crippen molar-refractivity contribution in [3.8, 4) is 0 Å². The predicted octanol–water partition coefficient (Wildman–Crippen LogP) is 4.64. The van der Waals surface area contributed by atoms with Gasteiger partial charge in [-0.15, -0.1) is 0 Å². The van der Waals surface area contributed by atoms with E-state index in [1.165, 1.54) is 6.07 Å². The SMILES string of the molecule is CCNC(=O)/C(F)=C1/C[C@@H]2C[C@H](c3ccnc4ccc(F)cc34)C[C@@H]2C1. The number of carbonyl (C=O) groups is 1. The molecule has 1 heterocycles. The molecule has 5 heteroatoms. The molecular formula is C21H22F2N2O. The molecule has 0 spiro atoms. The summed E-state index contributed by atoms with van der Waals surface area (Å²) >= 11 is 0. The number of benzene rings is 1. The first-order valence-corrected chi connectivity index (χ1v) is 9.26. The summed E-state index contributed by atoms with van der Waals surface area (Å²) in [6, 6.07) is 6.70. The summed E-state index contributed by atoms with van der Waals surface area (Å²) in [5.74, 6) is -0.298. The fraction of sp³-hybridized carbons (Fsp3) is 0.429. The van der Waals surface area contributed by atoms with Gasteiger partial charge < -0.3 is 5.32 Å². The van der Waals surface area contributed by atoms with Gasteiger partial charge >= 0.3 is 0 Å². The summed E-state index contributed by atoms with van der Waals surface area (Å²) in [5, 5.41) is 3.41. The quantitative estimate of drug-likeness (QED) is 0.814. The number of fused-ring (bicyclic) bond motifs is 2. The zero-order valence-electron chi connectivity index (χ0n) is 14.8. The summed E-state index contributed by atoms with van der Waals surface area (Å²) in [7, 11) is 0. The maximum atomic E-state index is 14.3. The summed E-state index contributed by atoms with van der Waals surface area (Å²) in [4.78, 5) is 16.1. The Kier molecular flexibility index (Phi) is 4.47. The van der Waals surface area contributed by atoms with Crippen LogP contribution in [0.4, 0.5) is 8.78 Å². The van der Waals surface area contributed by atoms with Crippen molar-refractivity contribution in [3.63, 3.8) is 0 Å². The number of aromatic nitrogens is 1. The smallest absolute Gasteiger partial charge is 0.279 e. The third kappa shape index (κ3) is 3.00. The van der Waals surface area contributed by atoms with Crippen molar-refractivity contribution < 1.29 is 13.6 Å². The molecular weight excluding hydrogens is 334 g/mol. The van der Waals surface area contributed by atoms with Gasteiger partial charge in [-0.1, -0.05) is 0 Å². The van der Waals surface area contributed by atoms with Gasteiger partial charge in [-0.3, -0.25) is 9.78 Å². The van der Waals surface area contributed by atoms with E-state index in [4.69, 9.17) is 0 Å². The van der Waals surface area contributed by atoms with E-state index in [2.05, 4.69) is 10.3 Å². The van der Waals surface area contributed by atoms with E-state index in [0.717, 1.165) is 29.3 Å². The van der Waals surface area contributed by atoms with E-state index in [1.54, 1.807) is 25.3 Å². The van der Waals surface area contributed by atoms with Crippen LogP contribution < -0.4 is 5.32 Å². The molecule has 0 unspecified atom stereocenters. The molecule has 0 saturated heterocycles. The molecule has 1 amide bonds. The number of hydrogen-bond acceptors (Lipinski definition) is 2. The second-order valence-electron chi connectivity index (χ2n) is 7.44. The number of carbonyl (C=O) groups excluding carboxylic acids is 1. The Morgan fingerprint density at radius 1 is 1.23 bits per heavy atom. The average Bonchev–Trinajstić information content (AvgIpc) is 3.19. The van der Waals surface area contributed by atoms with Crippen LogP contribution in [0.2, 0.25) is 0 Å². The van der Waals surface area contributed by atoms with Gasteiger partial charge in [0, 0.05) is 18.1 Å². The number of pyridine rings is 1. The van der Waals surface area contributed by atoms with Crippen LogP contribution in [0.3, 0.4) is 0 Å². The summed E-state index contributed by atoms with van der Waals surface area (Å²) < 4.78 is 28.0. The highest BCUT2D eigenvalue weighted by atomic mass is 19.1. The van der Waals surface area contributed by atoms with Gasteiger partial charge in [-0.2, -0.15) is 0 Å². The van der Waals surface area contributed by atoms with Crippen molar-refractivity contribution in [1.29, 1.82) is 0 Å². The minimum atomic E-state index is -0.589. The van der Waals surface area contributed by atoms with Crippen LogP contribution in [0.1, 0.15) is 44.1 Å². The lowest BCUT2D eigenvalue weighted by Gasteiger charge is -2.15. The number of allylic oxidation sites excluding steroid dienone is 1. The highest BCUT2D eigenvalue weighted by Gasteiger charge is 2.41. The first-order valence-electron chi connectivity index (χ1n) is 9.26. The molecule has 3 atom stereocenters. The van der Waals surface area contributed by atoms with Crippen molar-refractivity contribution in [2.75, 3.05) is 6.54 Å². The summed E-state index contributed by atoms with van der Waals surface area (Å²) in [6.07, 6.45) is 4.99. The standard InChI is InChI=1S/C21H22F2N2O/c1-2-24-21(26)20(23)15-9-12-7-14(8-13(12)10-15)17-5-6-25-19-4-3-16(22)11-18(17)19/h3-6,11-14H,2,7-10H2,1H3,(H,24,26)/b20-15-/t12-,13+,14-/m1/s1. The summed E-state index contributed by atoms with van der Waals surface area (Å²) in [5.41, 5.74) is 2.61. The molecule has 0 aliphatic heterocycles. The van der Waals surface area contributed by atoms with E-state index in [0.29, 0.717) is 42.7 Å². The molecule has 3 nitrogen and oxygen atoms in total. The van der Waals surface area contributed by atoms with Crippen molar-refractivity contribution in [2.24, 2.45) is 11.8 Å². The van der Waals surface area contributed by atoms with Gasteiger partial charge in [-0.25, -0.2) is 8.78 Å². The fourth-order valence-corrected chi connectivity index (χ4v) is 4.76. The number of halogens is 2. The number of rotatable bonds is 3. The minimum Gasteiger partial charge on any atom is -0.350 e. The van der Waals surface area contributed by atoms with Crippen LogP contribution >= 0.6 is 0 Å². The van der Waals surface area contributed by atoms with Gasteiger partial charge in [0.05, 0.1) is 5.52 Å². The normalized spacial score (nSPS) is 26.8. The molecule has 136 valence electrons. The molecule has 2 aromatic rings. The van der Waals surface area contributed by atoms with Gasteiger partial charge in [0.15, 0.2) is 5.83 Å². The van der Waals surface area contributed by atoms with E-state index >= 15 is 0 Å². The van der Waals surface area contributed by atoms with Gasteiger partial charge in [0.25, 0.3) is 5.91 Å².